The molecule has 0 bridgehead atoms. The third-order valence-corrected chi connectivity index (χ3v) is 15.7. The molecule has 4 aromatic heterocycles. The molecule has 0 radical (unpaired) electrons. The average molecular weight is 1180 g/mol. The van der Waals surface area contributed by atoms with Crippen LogP contribution in [0, 0.1) is 0 Å². The zero-order valence-electron chi connectivity index (χ0n) is 45.4. The second-order valence-corrected chi connectivity index (χ2v) is 21.3. The molecule has 7 atom stereocenters. The second-order valence-electron chi connectivity index (χ2n) is 20.6. The number of carboxylic acids is 1. The maximum Gasteiger partial charge on any atom is 0.327 e. The van der Waals surface area contributed by atoms with E-state index in [-0.39, 0.29) is 50.2 Å². The first kappa shape index (κ1) is 59.5. The fourth-order valence-electron chi connectivity index (χ4n) is 10.6. The summed E-state index contributed by atoms with van der Waals surface area (Å²) in [6.07, 6.45) is 7.39. The van der Waals surface area contributed by atoms with Crippen molar-refractivity contribution in [2.24, 2.45) is 5.73 Å². The highest BCUT2D eigenvalue weighted by Crippen LogP contribution is 2.26. The molecule has 14 N–H and O–H groups in total. The lowest BCUT2D eigenvalue weighted by atomic mass is 10.0. The van der Waals surface area contributed by atoms with E-state index < -0.39 is 109 Å². The minimum absolute atomic E-state index is 0.00273. The Morgan fingerprint density at radius 1 is 0.500 bits per heavy atom. The molecule has 0 saturated carbocycles. The van der Waals surface area contributed by atoms with E-state index in [1.807, 2.05) is 91.0 Å². The number of amides is 8. The number of aliphatic carboxylic acids is 1. The second kappa shape index (κ2) is 27.3. The van der Waals surface area contributed by atoms with E-state index in [1.54, 1.807) is 30.9 Å². The van der Waals surface area contributed by atoms with Gasteiger partial charge < -0.3 is 72.9 Å². The van der Waals surface area contributed by atoms with Crippen LogP contribution < -0.4 is 43.0 Å². The number of aromatic amines is 4. The normalized spacial score (nSPS) is 15.4. The van der Waals surface area contributed by atoms with Gasteiger partial charge in [-0.1, -0.05) is 72.8 Å². The zero-order valence-corrected chi connectivity index (χ0v) is 47.2. The summed E-state index contributed by atoms with van der Waals surface area (Å²) in [5.41, 5.74) is 12.0. The van der Waals surface area contributed by atoms with Crippen LogP contribution in [0.15, 0.2) is 122 Å². The van der Waals surface area contributed by atoms with E-state index in [1.165, 1.54) is 4.90 Å². The van der Waals surface area contributed by atoms with Gasteiger partial charge >= 0.3 is 5.97 Å². The molecular formula is C59H65N13O10S2. The minimum atomic E-state index is -1.32. The number of carbonyl (C=O) groups is 9. The van der Waals surface area contributed by atoms with Crippen molar-refractivity contribution in [2.45, 2.75) is 80.8 Å². The van der Waals surface area contributed by atoms with Gasteiger partial charge in [-0.05, 0) is 59.4 Å². The number of likely N-dealkylation sites (tertiary alicyclic amines) is 1. The van der Waals surface area contributed by atoms with Crippen LogP contribution in [0.2, 0.25) is 0 Å². The lowest BCUT2D eigenvalue weighted by Crippen LogP contribution is -2.59. The quantitative estimate of drug-likeness (QED) is 0.0347. The number of aromatic nitrogens is 4. The number of thiol groups is 2. The van der Waals surface area contributed by atoms with Crippen molar-refractivity contribution in [3.8, 4) is 0 Å². The van der Waals surface area contributed by atoms with Gasteiger partial charge in [0.1, 0.15) is 36.3 Å². The number of carboxylic acid groups (broad SMARTS) is 1. The summed E-state index contributed by atoms with van der Waals surface area (Å²) in [5, 5.41) is 31.1. The molecule has 4 aromatic carbocycles. The van der Waals surface area contributed by atoms with Crippen LogP contribution in [0.4, 0.5) is 0 Å². The van der Waals surface area contributed by atoms with E-state index in [9.17, 15) is 43.5 Å². The molecule has 1 aliphatic rings. The number of nitrogens with two attached hydrogens (primary N) is 1. The van der Waals surface area contributed by atoms with Crippen LogP contribution in [0.3, 0.4) is 0 Å². The summed E-state index contributed by atoms with van der Waals surface area (Å²) in [4.78, 5) is 138. The number of carbonyl (C=O) groups excluding carboxylic acids is 8. The van der Waals surface area contributed by atoms with Gasteiger partial charge in [0.25, 0.3) is 0 Å². The molecule has 0 spiro atoms. The van der Waals surface area contributed by atoms with Crippen molar-refractivity contribution in [3.63, 3.8) is 0 Å². The van der Waals surface area contributed by atoms with Crippen LogP contribution in [-0.2, 0) is 68.8 Å². The first-order chi connectivity index (χ1) is 40.6. The molecule has 0 unspecified atom stereocenters. The van der Waals surface area contributed by atoms with E-state index in [2.05, 4.69) is 82.4 Å². The molecule has 84 heavy (non-hydrogen) atoms. The predicted octanol–water partition coefficient (Wildman–Crippen LogP) is 1.80. The van der Waals surface area contributed by atoms with Crippen molar-refractivity contribution in [2.75, 3.05) is 31.1 Å². The predicted molar refractivity (Wildman–Crippen MR) is 322 cm³/mol. The average Bonchev–Trinajstić information content (AvgIpc) is 3.58. The highest BCUT2D eigenvalue weighted by Gasteiger charge is 2.40. The van der Waals surface area contributed by atoms with Crippen LogP contribution >= 0.6 is 25.3 Å². The Bertz CT molecular complexity index is 3740. The number of nitrogens with one attached hydrogen (secondary N) is 11. The van der Waals surface area contributed by atoms with Gasteiger partial charge in [0.15, 0.2) is 0 Å². The van der Waals surface area contributed by atoms with Crippen molar-refractivity contribution in [1.29, 1.82) is 0 Å². The highest BCUT2D eigenvalue weighted by molar-refractivity contribution is 7.80. The number of para-hydroxylation sites is 4. The first-order valence-electron chi connectivity index (χ1n) is 27.3. The lowest BCUT2D eigenvalue weighted by Gasteiger charge is -2.31. The lowest BCUT2D eigenvalue weighted by molar-refractivity contribution is -0.142. The molecule has 8 amide bonds. The van der Waals surface area contributed by atoms with Crippen molar-refractivity contribution in [1.82, 2.24) is 62.1 Å². The van der Waals surface area contributed by atoms with Crippen LogP contribution in [0.1, 0.15) is 35.1 Å². The molecule has 1 aliphatic heterocycles. The van der Waals surface area contributed by atoms with Gasteiger partial charge in [-0.3, -0.25) is 38.4 Å². The van der Waals surface area contributed by atoms with Gasteiger partial charge in [-0.25, -0.2) is 4.79 Å². The van der Waals surface area contributed by atoms with Gasteiger partial charge in [0.05, 0.1) is 19.1 Å². The maximum atomic E-state index is 15.2. The smallest absolute Gasteiger partial charge is 0.327 e. The monoisotopic (exact) mass is 1180 g/mol. The highest BCUT2D eigenvalue weighted by atomic mass is 32.1. The van der Waals surface area contributed by atoms with Crippen LogP contribution in [0.25, 0.3) is 43.6 Å². The van der Waals surface area contributed by atoms with Crippen molar-refractivity contribution in [3.05, 3.63) is 144 Å². The maximum absolute atomic E-state index is 15.2. The summed E-state index contributed by atoms with van der Waals surface area (Å²) in [6.45, 7) is -1.16. The summed E-state index contributed by atoms with van der Waals surface area (Å²) in [7, 11) is 0. The minimum Gasteiger partial charge on any atom is -0.480 e. The molecule has 438 valence electrons. The fourth-order valence-corrected chi connectivity index (χ4v) is 11.0. The summed E-state index contributed by atoms with van der Waals surface area (Å²) < 4.78 is 0. The number of nitrogens with zero attached hydrogens (tertiary/aromatic N) is 1. The third-order valence-electron chi connectivity index (χ3n) is 15.0. The third kappa shape index (κ3) is 14.2. The van der Waals surface area contributed by atoms with Gasteiger partial charge in [0.2, 0.25) is 47.3 Å². The largest absolute Gasteiger partial charge is 0.480 e. The van der Waals surface area contributed by atoms with Crippen molar-refractivity contribution < 1.29 is 48.3 Å². The van der Waals surface area contributed by atoms with E-state index in [0.717, 1.165) is 49.2 Å². The summed E-state index contributed by atoms with van der Waals surface area (Å²) >= 11 is 8.16. The topological polar surface area (TPSA) is 350 Å². The Balaban J connectivity index is 0.935. The Hall–Kier alpha value is -9.07. The van der Waals surface area contributed by atoms with Gasteiger partial charge in [-0.15, -0.1) is 0 Å². The standard InChI is InChI=1S/C59H65N13O10S2/c60-40(30-83)53(75)69-47(22-34-26-63-43-16-7-3-12-38(34)43)56(78)71-48(23-35-27-64-44-17-8-4-13-39(35)44)58(80)72-19-9-18-50(72)57(79)70-46(21-33-25-62-42-15-6-2-11-37(33)42)55(77)66-28-51(73)67-45(20-32-24-61-41-14-5-1-10-36(32)41)54(76)65-29-52(74)68-49(31-84)59(81)82/h1-8,10-17,24-27,40,45-50,61-64,83-84H,9,18-23,28-31,60H2,(H,65,76)(H,66,77)(H,67,73)(H,68,74)(H,69,75)(H,70,79)(H,71,78)(H,81,82)/t40-,45-,46-,47-,48-,49-,50-/m0/s1. The number of hydrogen-bond donors (Lipinski definition) is 15. The molecule has 25 heteroatoms. The Morgan fingerprint density at radius 2 is 0.881 bits per heavy atom. The molecule has 8 aromatic rings. The fraction of sp³-hybridized carbons (Fsp3) is 0.305. The zero-order chi connectivity index (χ0) is 59.4. The summed E-state index contributed by atoms with van der Waals surface area (Å²) in [5.74, 6) is -7.21. The van der Waals surface area contributed by atoms with Gasteiger partial charge in [0, 0.05) is 112 Å². The Morgan fingerprint density at radius 3 is 1.30 bits per heavy atom. The molecule has 9 rings (SSSR count). The first-order valence-corrected chi connectivity index (χ1v) is 28.6. The Labute approximate surface area is 492 Å². The molecule has 5 heterocycles. The number of fused-ring (bicyclic) bond motifs is 4. The number of rotatable bonds is 26. The number of H-pyrrole nitrogens is 4. The van der Waals surface area contributed by atoms with Gasteiger partial charge in [-0.2, -0.15) is 25.3 Å². The summed E-state index contributed by atoms with van der Waals surface area (Å²) in [6, 6.07) is 21.1. The van der Waals surface area contributed by atoms with E-state index in [4.69, 9.17) is 5.73 Å². The van der Waals surface area contributed by atoms with Crippen LogP contribution in [0.5, 0.6) is 0 Å². The molecule has 0 aliphatic carbocycles. The van der Waals surface area contributed by atoms with E-state index >= 15 is 4.79 Å². The molecule has 1 fully saturated rings. The molecule has 23 nitrogen and oxygen atoms in total. The SMILES string of the molecule is N[C@@H](CS)C(=O)N[C@@H](Cc1c[nH]c2ccccc12)C(=O)N[C@@H](Cc1c[nH]c2ccccc12)C(=O)N1CCC[C@H]1C(=O)N[C@@H](Cc1c[nH]c2ccccc12)C(=O)NCC(=O)N[C@@H](Cc1c[nH]c2ccccc12)C(=O)NCC(=O)N[C@@H](CS)C(=O)O. The number of benzene rings is 4. The van der Waals surface area contributed by atoms with Crippen LogP contribution in [-0.4, -0.2) is 157 Å². The van der Waals surface area contributed by atoms with E-state index in [0.29, 0.717) is 23.1 Å². The van der Waals surface area contributed by atoms with Crippen molar-refractivity contribution >= 4 is 122 Å². The molecular weight excluding hydrogens is 1110 g/mol. The molecule has 1 saturated heterocycles. The Kier molecular flexibility index (Phi) is 19.4. The number of hydrogen-bond acceptors (Lipinski definition) is 12.